The molecule has 11 nitrogen and oxygen atoms in total. The first-order valence-electron chi connectivity index (χ1n) is 12.4. The molecule has 3 aliphatic carbocycles. The van der Waals surface area contributed by atoms with E-state index in [1.54, 1.807) is 0 Å². The van der Waals surface area contributed by atoms with E-state index in [1.807, 2.05) is 0 Å². The van der Waals surface area contributed by atoms with Crippen molar-refractivity contribution in [2.45, 2.75) is 50.7 Å². The number of halogens is 1. The Morgan fingerprint density at radius 1 is 1.18 bits per heavy atom. The lowest BCUT2D eigenvalue weighted by molar-refractivity contribution is -0.114. The zero-order valence-corrected chi connectivity index (χ0v) is 21.6. The number of ketones is 1. The van der Waals surface area contributed by atoms with Crippen LogP contribution in [0.2, 0.25) is 0 Å². The van der Waals surface area contributed by atoms with Crippen LogP contribution in [0.15, 0.2) is 46.7 Å². The number of rotatable bonds is 4. The first-order chi connectivity index (χ1) is 18.1. The molecule has 4 aliphatic rings. The minimum atomic E-state index is -1.33. The number of nitrogens with zero attached hydrogens (tertiary/aromatic N) is 2. The van der Waals surface area contributed by atoms with Crippen molar-refractivity contribution in [3.8, 4) is 11.5 Å². The van der Waals surface area contributed by atoms with E-state index in [9.17, 15) is 34.9 Å². The zero-order chi connectivity index (χ0) is 27.6. The van der Waals surface area contributed by atoms with Crippen LogP contribution in [0.25, 0.3) is 5.57 Å². The van der Waals surface area contributed by atoms with Gasteiger partial charge in [0.2, 0.25) is 11.5 Å². The number of phenols is 2. The maximum atomic E-state index is 11.6. The fourth-order valence-corrected chi connectivity index (χ4v) is 5.33. The normalized spacial score (nSPS) is 25.4. The maximum absolute atomic E-state index is 11.6. The smallest absolute Gasteiger partial charge is 0.340 e. The highest BCUT2D eigenvalue weighted by atomic mass is 35.5. The van der Waals surface area contributed by atoms with Gasteiger partial charge in [-0.15, -0.1) is 16.5 Å². The van der Waals surface area contributed by atoms with E-state index in [-0.39, 0.29) is 48.8 Å². The summed E-state index contributed by atoms with van der Waals surface area (Å²) in [6.07, 6.45) is 7.08. The number of amides is 2. The van der Waals surface area contributed by atoms with Crippen LogP contribution in [0.1, 0.15) is 43.7 Å². The molecule has 1 fully saturated rings. The number of ether oxygens (including phenoxy) is 1. The van der Waals surface area contributed by atoms with Crippen molar-refractivity contribution in [1.29, 1.82) is 0 Å². The van der Waals surface area contributed by atoms with Crippen molar-refractivity contribution in [3.63, 3.8) is 0 Å². The summed E-state index contributed by atoms with van der Waals surface area (Å²) in [5.74, 6) is -0.640. The first kappa shape index (κ1) is 27.5. The van der Waals surface area contributed by atoms with E-state index >= 15 is 0 Å². The molecule has 1 aromatic rings. The lowest BCUT2D eigenvalue weighted by Crippen LogP contribution is -2.44. The number of nitrogens with one attached hydrogen (secondary N) is 1. The van der Waals surface area contributed by atoms with Crippen LogP contribution in [-0.4, -0.2) is 67.9 Å². The summed E-state index contributed by atoms with van der Waals surface area (Å²) >= 11 is 5.46. The number of nitroso groups, excluding NO2 is 1. The van der Waals surface area contributed by atoms with E-state index < -0.39 is 23.2 Å². The van der Waals surface area contributed by atoms with Crippen LogP contribution in [0, 0.1) is 10.8 Å². The molecule has 204 valence electrons. The lowest BCUT2D eigenvalue weighted by Gasteiger charge is -2.33. The number of fused-ring (bicyclic) bond motifs is 4. The molecule has 1 saturated carbocycles. The monoisotopic (exact) mass is 547 g/mol. The van der Waals surface area contributed by atoms with Gasteiger partial charge in [0.25, 0.3) is 0 Å². The van der Waals surface area contributed by atoms with Crippen LogP contribution in [-0.2, 0) is 16.0 Å². The van der Waals surface area contributed by atoms with Gasteiger partial charge in [-0.1, -0.05) is 6.92 Å². The summed E-state index contributed by atoms with van der Waals surface area (Å²) in [7, 11) is 0. The number of benzene rings is 1. The Kier molecular flexibility index (Phi) is 7.98. The molecule has 38 heavy (non-hydrogen) atoms. The van der Waals surface area contributed by atoms with Crippen LogP contribution in [0.5, 0.6) is 11.5 Å². The van der Waals surface area contributed by atoms with Crippen LogP contribution in [0.4, 0.5) is 4.79 Å². The number of hydrogen-bond acceptors (Lipinski definition) is 9. The molecule has 1 aromatic carbocycles. The number of urea groups is 1. The second kappa shape index (κ2) is 11.0. The van der Waals surface area contributed by atoms with Gasteiger partial charge in [0.1, 0.15) is 12.2 Å². The average molecular weight is 548 g/mol. The van der Waals surface area contributed by atoms with Crippen molar-refractivity contribution in [1.82, 2.24) is 10.3 Å². The molecular weight excluding hydrogens is 518 g/mol. The molecule has 0 bridgehead atoms. The second-order valence-electron chi connectivity index (χ2n) is 9.96. The largest absolute Gasteiger partial charge is 0.504 e. The number of aliphatic hydroxyl groups excluding tert-OH is 1. The van der Waals surface area contributed by atoms with E-state index in [1.165, 1.54) is 24.3 Å². The standard InChI is InChI=1S/C16H12O6.C10H18ClN3O2/c17-10-2-1-8-13-9-4-12(19)11(18)3-7(9)5-16(13,21)6-22-15(8)14(10)20;1-8-2-4-9(5-3-8)12-10(15)14(13-16)7-6-11/h1-4,18-21H,5-6H2;8-9H,2-7H2,1H3,(H,12,15). The van der Waals surface area contributed by atoms with E-state index in [0.717, 1.165) is 36.6 Å². The Balaban J connectivity index is 0.000000188. The molecule has 1 heterocycles. The molecule has 5 N–H and O–H groups in total. The first-order valence-corrected chi connectivity index (χ1v) is 12.9. The van der Waals surface area contributed by atoms with Gasteiger partial charge in [-0.05, 0) is 67.0 Å². The molecule has 0 radical (unpaired) electrons. The Morgan fingerprint density at radius 2 is 1.87 bits per heavy atom. The molecule has 0 saturated heterocycles. The molecule has 1 unspecified atom stereocenters. The average Bonchev–Trinajstić information content (AvgIpc) is 3.18. The highest BCUT2D eigenvalue weighted by Crippen LogP contribution is 2.50. The Morgan fingerprint density at radius 3 is 2.53 bits per heavy atom. The van der Waals surface area contributed by atoms with Crippen LogP contribution >= 0.6 is 11.6 Å². The number of alkyl halides is 1. The summed E-state index contributed by atoms with van der Waals surface area (Å²) in [5.41, 5.74) is 0.797. The third kappa shape index (κ3) is 5.34. The lowest BCUT2D eigenvalue weighted by atomic mass is 9.85. The van der Waals surface area contributed by atoms with Gasteiger partial charge in [0.05, 0.1) is 11.8 Å². The molecule has 5 rings (SSSR count). The maximum Gasteiger partial charge on any atom is 0.340 e. The summed E-state index contributed by atoms with van der Waals surface area (Å²) in [6.45, 7) is 2.24. The number of aliphatic hydroxyl groups is 2. The Bertz CT molecular complexity index is 1240. The summed E-state index contributed by atoms with van der Waals surface area (Å²) in [4.78, 5) is 33.5. The molecule has 1 aliphatic heterocycles. The van der Waals surface area contributed by atoms with Gasteiger partial charge in [0.15, 0.2) is 17.3 Å². The van der Waals surface area contributed by atoms with E-state index in [0.29, 0.717) is 22.3 Å². The number of carbonyl (C=O) groups excluding carboxylic acids is 2. The predicted molar refractivity (Wildman–Crippen MR) is 138 cm³/mol. The van der Waals surface area contributed by atoms with Gasteiger partial charge < -0.3 is 30.5 Å². The third-order valence-electron chi connectivity index (χ3n) is 7.21. The minimum absolute atomic E-state index is 0.0348. The SMILES string of the molecule is CC1CCC(NC(=O)N(CCCl)N=O)CC1.O=C1C=CC2=C3c4cc(O)c(O)cc4CC3(O)COC2=C1O. The highest BCUT2D eigenvalue weighted by molar-refractivity contribution is 6.18. The molecule has 1 atom stereocenters. The van der Waals surface area contributed by atoms with Crippen molar-refractivity contribution in [2.75, 3.05) is 19.0 Å². The molecular formula is C26H30ClN3O8. The van der Waals surface area contributed by atoms with Crippen LogP contribution < -0.4 is 5.32 Å². The van der Waals surface area contributed by atoms with E-state index in [4.69, 9.17) is 16.3 Å². The number of phenolic OH excluding ortho intramolecular Hbond substituents is 2. The van der Waals surface area contributed by atoms with Crippen molar-refractivity contribution < 1.29 is 34.8 Å². The molecule has 0 spiro atoms. The van der Waals surface area contributed by atoms with Crippen LogP contribution in [0.3, 0.4) is 0 Å². The van der Waals surface area contributed by atoms with Crippen molar-refractivity contribution in [3.05, 3.63) is 57.4 Å². The molecule has 12 heteroatoms. The van der Waals surface area contributed by atoms with Gasteiger partial charge in [0, 0.05) is 29.5 Å². The number of carbonyl (C=O) groups is 2. The quantitative estimate of drug-likeness (QED) is 0.165. The minimum Gasteiger partial charge on any atom is -0.504 e. The van der Waals surface area contributed by atoms with E-state index in [2.05, 4.69) is 17.5 Å². The fraction of sp³-hybridized carbons (Fsp3) is 0.462. The molecule has 2 amide bonds. The summed E-state index contributed by atoms with van der Waals surface area (Å²) in [5, 5.41) is 46.4. The van der Waals surface area contributed by atoms with Crippen molar-refractivity contribution >= 4 is 29.0 Å². The van der Waals surface area contributed by atoms with Gasteiger partial charge >= 0.3 is 6.03 Å². The number of aromatic hydroxyl groups is 2. The summed E-state index contributed by atoms with van der Waals surface area (Å²) < 4.78 is 5.40. The second-order valence-corrected chi connectivity index (χ2v) is 10.3. The van der Waals surface area contributed by atoms with Crippen molar-refractivity contribution in [2.24, 2.45) is 11.2 Å². The van der Waals surface area contributed by atoms with Gasteiger partial charge in [-0.3, -0.25) is 4.79 Å². The summed E-state index contributed by atoms with van der Waals surface area (Å²) in [6, 6.07) is 2.50. The predicted octanol–water partition coefficient (Wildman–Crippen LogP) is 3.57. The number of hydrogen-bond donors (Lipinski definition) is 5. The van der Waals surface area contributed by atoms with Gasteiger partial charge in [-0.2, -0.15) is 5.01 Å². The Hall–Kier alpha value is -3.57. The zero-order valence-electron chi connectivity index (χ0n) is 20.8. The fourth-order valence-electron chi connectivity index (χ4n) is 5.17. The highest BCUT2D eigenvalue weighted by Gasteiger charge is 2.47. The number of allylic oxidation sites excluding steroid dienone is 2. The van der Waals surface area contributed by atoms with Gasteiger partial charge in [-0.25, -0.2) is 4.79 Å². The Labute approximate surface area is 224 Å². The molecule has 0 aromatic heterocycles. The third-order valence-corrected chi connectivity index (χ3v) is 7.38. The topological polar surface area (TPSA) is 169 Å².